The summed E-state index contributed by atoms with van der Waals surface area (Å²) in [6.45, 7) is 2.39. The Morgan fingerprint density at radius 1 is 1.14 bits per heavy atom. The molecule has 0 fully saturated rings. The van der Waals surface area contributed by atoms with Crippen LogP contribution in [0.4, 0.5) is 0 Å². The zero-order valence-corrected chi connectivity index (χ0v) is 11.9. The lowest BCUT2D eigenvalue weighted by molar-refractivity contribution is 0.108. The van der Waals surface area contributed by atoms with E-state index in [2.05, 4.69) is 0 Å². The SMILES string of the molecule is CCOc1ccc2oc3cc(C(=O)Cl)ccc3c(=O)c2c1. The van der Waals surface area contributed by atoms with E-state index in [1.165, 1.54) is 12.1 Å². The molecule has 0 bridgehead atoms. The number of benzene rings is 2. The number of carbonyl (C=O) groups is 1. The molecule has 0 aliphatic carbocycles. The topological polar surface area (TPSA) is 56.5 Å². The molecular formula is C16H11ClO4. The molecule has 0 radical (unpaired) electrons. The number of hydrogen-bond acceptors (Lipinski definition) is 4. The van der Waals surface area contributed by atoms with Crippen LogP contribution in [0.25, 0.3) is 21.9 Å². The van der Waals surface area contributed by atoms with Gasteiger partial charge in [0.2, 0.25) is 5.43 Å². The number of hydrogen-bond donors (Lipinski definition) is 0. The van der Waals surface area contributed by atoms with Crippen molar-refractivity contribution in [3.8, 4) is 5.75 Å². The van der Waals surface area contributed by atoms with E-state index in [9.17, 15) is 9.59 Å². The summed E-state index contributed by atoms with van der Waals surface area (Å²) in [5.41, 5.74) is 0.900. The van der Waals surface area contributed by atoms with Gasteiger partial charge in [-0.3, -0.25) is 9.59 Å². The molecule has 3 aromatic rings. The third kappa shape index (κ3) is 2.38. The quantitative estimate of drug-likeness (QED) is 0.546. The fourth-order valence-corrected chi connectivity index (χ4v) is 2.33. The Balaban J connectivity index is 2.32. The van der Waals surface area contributed by atoms with E-state index in [0.717, 1.165) is 0 Å². The van der Waals surface area contributed by atoms with Gasteiger partial charge in [-0.05, 0) is 54.9 Å². The van der Waals surface area contributed by atoms with Crippen molar-refractivity contribution in [1.29, 1.82) is 0 Å². The van der Waals surface area contributed by atoms with E-state index in [4.69, 9.17) is 20.8 Å². The van der Waals surface area contributed by atoms with Gasteiger partial charge >= 0.3 is 0 Å². The lowest BCUT2D eigenvalue weighted by Gasteiger charge is -2.05. The largest absolute Gasteiger partial charge is 0.494 e. The smallest absolute Gasteiger partial charge is 0.252 e. The van der Waals surface area contributed by atoms with Crippen molar-refractivity contribution in [2.75, 3.05) is 6.61 Å². The predicted molar refractivity (Wildman–Crippen MR) is 81.3 cm³/mol. The average molecular weight is 303 g/mol. The molecule has 0 unspecified atom stereocenters. The number of halogens is 1. The monoisotopic (exact) mass is 302 g/mol. The van der Waals surface area contributed by atoms with Gasteiger partial charge in [0.1, 0.15) is 16.9 Å². The first-order chi connectivity index (χ1) is 10.1. The molecule has 0 atom stereocenters. The van der Waals surface area contributed by atoms with Crippen LogP contribution in [0.15, 0.2) is 45.6 Å². The fourth-order valence-electron chi connectivity index (χ4n) is 2.21. The standard InChI is InChI=1S/C16H11ClO4/c1-2-20-10-4-6-13-12(8-10)15(18)11-5-3-9(16(17)19)7-14(11)21-13/h3-8H,2H2,1H3. The van der Waals surface area contributed by atoms with Crippen molar-refractivity contribution in [3.63, 3.8) is 0 Å². The van der Waals surface area contributed by atoms with Gasteiger partial charge in [-0.2, -0.15) is 0 Å². The highest BCUT2D eigenvalue weighted by atomic mass is 35.5. The van der Waals surface area contributed by atoms with Gasteiger partial charge in [0.05, 0.1) is 17.4 Å². The molecule has 21 heavy (non-hydrogen) atoms. The van der Waals surface area contributed by atoms with Crippen molar-refractivity contribution in [2.24, 2.45) is 0 Å². The summed E-state index contributed by atoms with van der Waals surface area (Å²) in [5.74, 6) is 0.615. The zero-order valence-electron chi connectivity index (χ0n) is 11.2. The molecule has 2 aromatic carbocycles. The number of fused-ring (bicyclic) bond motifs is 2. The Kier molecular flexibility index (Phi) is 3.39. The third-order valence-electron chi connectivity index (χ3n) is 3.18. The molecule has 0 spiro atoms. The number of ether oxygens (including phenoxy) is 1. The number of rotatable bonds is 3. The molecule has 1 heterocycles. The minimum atomic E-state index is -0.591. The van der Waals surface area contributed by atoms with Gasteiger partial charge in [0.25, 0.3) is 5.24 Å². The van der Waals surface area contributed by atoms with Crippen molar-refractivity contribution in [2.45, 2.75) is 6.92 Å². The van der Waals surface area contributed by atoms with Crippen LogP contribution in [0.5, 0.6) is 5.75 Å². The molecule has 0 saturated carbocycles. The Morgan fingerprint density at radius 2 is 1.95 bits per heavy atom. The summed E-state index contributed by atoms with van der Waals surface area (Å²) in [6.07, 6.45) is 0. The van der Waals surface area contributed by atoms with Crippen LogP contribution in [-0.2, 0) is 0 Å². The van der Waals surface area contributed by atoms with Crippen LogP contribution in [0.3, 0.4) is 0 Å². The lowest BCUT2D eigenvalue weighted by Crippen LogP contribution is -2.03. The van der Waals surface area contributed by atoms with E-state index >= 15 is 0 Å². The Hall–Kier alpha value is -2.33. The average Bonchev–Trinajstić information content (AvgIpc) is 2.48. The van der Waals surface area contributed by atoms with Crippen LogP contribution in [0.2, 0.25) is 0 Å². The van der Waals surface area contributed by atoms with Crippen molar-refractivity contribution in [1.82, 2.24) is 0 Å². The van der Waals surface area contributed by atoms with Crippen LogP contribution in [0, 0.1) is 0 Å². The van der Waals surface area contributed by atoms with E-state index in [1.807, 2.05) is 6.92 Å². The first-order valence-corrected chi connectivity index (χ1v) is 6.81. The first kappa shape index (κ1) is 13.6. The van der Waals surface area contributed by atoms with Gasteiger partial charge < -0.3 is 9.15 Å². The molecule has 0 saturated heterocycles. The summed E-state index contributed by atoms with van der Waals surface area (Å²) in [6, 6.07) is 9.59. The minimum absolute atomic E-state index is 0.165. The van der Waals surface area contributed by atoms with E-state index in [0.29, 0.717) is 34.3 Å². The summed E-state index contributed by atoms with van der Waals surface area (Å²) in [5, 5.41) is 0.252. The molecule has 3 rings (SSSR count). The van der Waals surface area contributed by atoms with E-state index in [-0.39, 0.29) is 11.0 Å². The van der Waals surface area contributed by atoms with Crippen molar-refractivity contribution < 1.29 is 13.9 Å². The normalized spacial score (nSPS) is 11.0. The summed E-state index contributed by atoms with van der Waals surface area (Å²) < 4.78 is 11.1. The second kappa shape index (κ2) is 5.22. The minimum Gasteiger partial charge on any atom is -0.494 e. The van der Waals surface area contributed by atoms with Crippen molar-refractivity contribution >= 4 is 38.8 Å². The Labute approximate surface area is 124 Å². The zero-order chi connectivity index (χ0) is 15.0. The molecule has 5 heteroatoms. The third-order valence-corrected chi connectivity index (χ3v) is 3.40. The van der Waals surface area contributed by atoms with Crippen LogP contribution < -0.4 is 10.2 Å². The Morgan fingerprint density at radius 3 is 2.67 bits per heavy atom. The molecule has 4 nitrogen and oxygen atoms in total. The summed E-state index contributed by atoms with van der Waals surface area (Å²) >= 11 is 5.44. The lowest BCUT2D eigenvalue weighted by atomic mass is 10.1. The maximum absolute atomic E-state index is 12.5. The molecule has 1 aromatic heterocycles. The predicted octanol–water partition coefficient (Wildman–Crippen LogP) is 3.72. The number of carbonyl (C=O) groups excluding carboxylic acids is 1. The maximum Gasteiger partial charge on any atom is 0.252 e. The highest BCUT2D eigenvalue weighted by molar-refractivity contribution is 6.67. The Bertz CT molecular complexity index is 911. The maximum atomic E-state index is 12.5. The van der Waals surface area contributed by atoms with E-state index < -0.39 is 5.24 Å². The second-order valence-electron chi connectivity index (χ2n) is 4.51. The van der Waals surface area contributed by atoms with Gasteiger partial charge in [-0.15, -0.1) is 0 Å². The molecular weight excluding hydrogens is 292 g/mol. The molecule has 0 aliphatic rings. The van der Waals surface area contributed by atoms with Gasteiger partial charge in [0, 0.05) is 5.56 Å². The highest BCUT2D eigenvalue weighted by Crippen LogP contribution is 2.23. The molecule has 0 amide bonds. The van der Waals surface area contributed by atoms with Gasteiger partial charge in [-0.1, -0.05) is 0 Å². The highest BCUT2D eigenvalue weighted by Gasteiger charge is 2.11. The molecule has 0 aliphatic heterocycles. The van der Waals surface area contributed by atoms with Crippen LogP contribution >= 0.6 is 11.6 Å². The fraction of sp³-hybridized carbons (Fsp3) is 0.125. The van der Waals surface area contributed by atoms with E-state index in [1.54, 1.807) is 24.3 Å². The molecule has 0 N–H and O–H groups in total. The van der Waals surface area contributed by atoms with Crippen LogP contribution in [0.1, 0.15) is 17.3 Å². The van der Waals surface area contributed by atoms with Crippen molar-refractivity contribution in [3.05, 3.63) is 52.2 Å². The summed E-state index contributed by atoms with van der Waals surface area (Å²) in [7, 11) is 0. The van der Waals surface area contributed by atoms with Gasteiger partial charge in [0.15, 0.2) is 0 Å². The first-order valence-electron chi connectivity index (χ1n) is 6.43. The summed E-state index contributed by atoms with van der Waals surface area (Å²) in [4.78, 5) is 23.7. The second-order valence-corrected chi connectivity index (χ2v) is 4.85. The van der Waals surface area contributed by atoms with Crippen LogP contribution in [-0.4, -0.2) is 11.8 Å². The van der Waals surface area contributed by atoms with Gasteiger partial charge in [-0.25, -0.2) is 0 Å². The molecule has 106 valence electrons.